The van der Waals surface area contributed by atoms with Gasteiger partial charge in [-0.25, -0.2) is 4.68 Å². The third kappa shape index (κ3) is 4.50. The molecule has 1 fully saturated rings. The first-order valence-electron chi connectivity index (χ1n) is 9.12. The van der Waals surface area contributed by atoms with Gasteiger partial charge in [-0.05, 0) is 36.8 Å². The van der Waals surface area contributed by atoms with Crippen molar-refractivity contribution in [3.05, 3.63) is 58.0 Å². The lowest BCUT2D eigenvalue weighted by atomic mass is 9.94. The Morgan fingerprint density at radius 1 is 1.35 bits per heavy atom. The summed E-state index contributed by atoms with van der Waals surface area (Å²) in [6, 6.07) is 9.71. The largest absolute Gasteiger partial charge is 0.370 e. The van der Waals surface area contributed by atoms with Crippen LogP contribution in [-0.2, 0) is 18.4 Å². The molecule has 0 saturated carbocycles. The molecule has 0 radical (unpaired) electrons. The highest BCUT2D eigenvalue weighted by molar-refractivity contribution is 5.76. The van der Waals surface area contributed by atoms with Crippen LogP contribution in [0, 0.1) is 12.8 Å². The maximum absolute atomic E-state index is 12.3. The number of hydrogen-bond donors (Lipinski definition) is 1. The molecular weight excluding hydrogens is 328 g/mol. The Morgan fingerprint density at radius 3 is 2.92 bits per heavy atom. The van der Waals surface area contributed by atoms with Crippen LogP contribution < -0.4 is 15.8 Å². The number of aromatic nitrogens is 2. The van der Waals surface area contributed by atoms with E-state index in [1.807, 2.05) is 18.2 Å². The lowest BCUT2D eigenvalue weighted by Crippen LogP contribution is -2.38. The highest BCUT2D eigenvalue weighted by Gasteiger charge is 2.23. The predicted octanol–water partition coefficient (Wildman–Crippen LogP) is 2.01. The number of benzene rings is 1. The normalized spacial score (nSPS) is 17.2. The molecule has 0 bridgehead atoms. The third-order valence-corrected chi connectivity index (χ3v) is 5.05. The Bertz CT molecular complexity index is 831. The summed E-state index contributed by atoms with van der Waals surface area (Å²) < 4.78 is 1.32. The van der Waals surface area contributed by atoms with Crippen molar-refractivity contribution in [2.45, 2.75) is 32.7 Å². The number of nitrogens with one attached hydrogen (secondary N) is 1. The first kappa shape index (κ1) is 18.2. The number of nitrogens with zero attached hydrogens (tertiary/aromatic N) is 3. The summed E-state index contributed by atoms with van der Waals surface area (Å²) in [4.78, 5) is 26.3. The van der Waals surface area contributed by atoms with Crippen molar-refractivity contribution in [2.75, 3.05) is 18.0 Å². The SMILES string of the molecule is Cc1ccccc1CNC(=O)CC1CCCN(c2cnn(C)c(=O)c2)C1. The molecule has 138 valence electrons. The lowest BCUT2D eigenvalue weighted by Gasteiger charge is -2.33. The van der Waals surface area contributed by atoms with E-state index in [1.54, 1.807) is 19.3 Å². The van der Waals surface area contributed by atoms with E-state index in [0.29, 0.717) is 18.9 Å². The van der Waals surface area contributed by atoms with Gasteiger partial charge in [-0.3, -0.25) is 9.59 Å². The number of piperidine rings is 1. The number of carbonyl (C=O) groups is 1. The van der Waals surface area contributed by atoms with E-state index >= 15 is 0 Å². The first-order chi connectivity index (χ1) is 12.5. The van der Waals surface area contributed by atoms with E-state index in [9.17, 15) is 9.59 Å². The van der Waals surface area contributed by atoms with E-state index in [0.717, 1.165) is 37.2 Å². The van der Waals surface area contributed by atoms with Crippen molar-refractivity contribution in [3.8, 4) is 0 Å². The molecule has 1 aliphatic heterocycles. The Morgan fingerprint density at radius 2 is 2.15 bits per heavy atom. The highest BCUT2D eigenvalue weighted by Crippen LogP contribution is 2.23. The van der Waals surface area contributed by atoms with Crippen molar-refractivity contribution in [1.29, 1.82) is 0 Å². The zero-order valence-corrected chi connectivity index (χ0v) is 15.4. The van der Waals surface area contributed by atoms with Gasteiger partial charge < -0.3 is 10.2 Å². The van der Waals surface area contributed by atoms with Gasteiger partial charge in [-0.2, -0.15) is 5.10 Å². The number of amides is 1. The minimum atomic E-state index is -0.111. The van der Waals surface area contributed by atoms with E-state index in [2.05, 4.69) is 28.3 Å². The van der Waals surface area contributed by atoms with E-state index in [1.165, 1.54) is 10.2 Å². The molecule has 1 aromatic carbocycles. The van der Waals surface area contributed by atoms with Gasteiger partial charge in [-0.15, -0.1) is 0 Å². The average Bonchev–Trinajstić information content (AvgIpc) is 2.63. The summed E-state index contributed by atoms with van der Waals surface area (Å²) in [5.74, 6) is 0.381. The molecule has 1 atom stereocenters. The molecule has 1 unspecified atom stereocenters. The monoisotopic (exact) mass is 354 g/mol. The minimum absolute atomic E-state index is 0.0854. The van der Waals surface area contributed by atoms with Crippen molar-refractivity contribution < 1.29 is 4.79 Å². The molecule has 6 heteroatoms. The van der Waals surface area contributed by atoms with Crippen molar-refractivity contribution in [2.24, 2.45) is 13.0 Å². The van der Waals surface area contributed by atoms with Gasteiger partial charge >= 0.3 is 0 Å². The summed E-state index contributed by atoms with van der Waals surface area (Å²) in [6.07, 6.45) is 4.29. The fourth-order valence-corrected chi connectivity index (χ4v) is 3.44. The van der Waals surface area contributed by atoms with E-state index in [-0.39, 0.29) is 11.5 Å². The summed E-state index contributed by atoms with van der Waals surface area (Å²) in [5, 5.41) is 7.13. The first-order valence-corrected chi connectivity index (χ1v) is 9.12. The van der Waals surface area contributed by atoms with Crippen LogP contribution in [0.5, 0.6) is 0 Å². The maximum Gasteiger partial charge on any atom is 0.268 e. The third-order valence-electron chi connectivity index (χ3n) is 5.05. The molecule has 0 spiro atoms. The number of hydrogen-bond acceptors (Lipinski definition) is 4. The molecule has 1 aliphatic rings. The van der Waals surface area contributed by atoms with Crippen LogP contribution in [0.3, 0.4) is 0 Å². The Hall–Kier alpha value is -2.63. The van der Waals surface area contributed by atoms with E-state index in [4.69, 9.17) is 0 Å². The predicted molar refractivity (Wildman–Crippen MR) is 102 cm³/mol. The van der Waals surface area contributed by atoms with Gasteiger partial charge in [0.2, 0.25) is 5.91 Å². The second kappa shape index (κ2) is 8.17. The smallest absolute Gasteiger partial charge is 0.268 e. The quantitative estimate of drug-likeness (QED) is 0.892. The molecule has 1 aromatic heterocycles. The molecule has 2 heterocycles. The topological polar surface area (TPSA) is 67.2 Å². The Labute approximate surface area is 153 Å². The Balaban J connectivity index is 1.54. The average molecular weight is 354 g/mol. The molecule has 1 saturated heterocycles. The van der Waals surface area contributed by atoms with Crippen molar-refractivity contribution >= 4 is 11.6 Å². The summed E-state index contributed by atoms with van der Waals surface area (Å²) >= 11 is 0. The lowest BCUT2D eigenvalue weighted by molar-refractivity contribution is -0.122. The number of anilines is 1. The van der Waals surface area contributed by atoms with Gasteiger partial charge in [0.05, 0.1) is 11.9 Å². The van der Waals surface area contributed by atoms with Crippen molar-refractivity contribution in [1.82, 2.24) is 15.1 Å². The van der Waals surface area contributed by atoms with Gasteiger partial charge in [0, 0.05) is 39.2 Å². The van der Waals surface area contributed by atoms with E-state index < -0.39 is 0 Å². The van der Waals surface area contributed by atoms with Gasteiger partial charge in [0.15, 0.2) is 0 Å². The zero-order valence-electron chi connectivity index (χ0n) is 15.4. The number of carbonyl (C=O) groups excluding carboxylic acids is 1. The number of rotatable bonds is 5. The van der Waals surface area contributed by atoms with Crippen LogP contribution in [-0.4, -0.2) is 28.8 Å². The molecule has 26 heavy (non-hydrogen) atoms. The zero-order chi connectivity index (χ0) is 18.5. The van der Waals surface area contributed by atoms with Crippen LogP contribution in [0.1, 0.15) is 30.4 Å². The molecule has 1 N–H and O–H groups in total. The van der Waals surface area contributed by atoms with Crippen LogP contribution in [0.2, 0.25) is 0 Å². The molecular formula is C20H26N4O2. The Kier molecular flexibility index (Phi) is 5.71. The summed E-state index contributed by atoms with van der Waals surface area (Å²) in [6.45, 7) is 4.31. The molecule has 3 rings (SSSR count). The molecule has 1 amide bonds. The van der Waals surface area contributed by atoms with Gasteiger partial charge in [0.1, 0.15) is 0 Å². The van der Waals surface area contributed by atoms with Gasteiger partial charge in [0.25, 0.3) is 5.56 Å². The standard InChI is InChI=1S/C20H26N4O2/c1-15-6-3-4-8-17(15)12-21-19(25)10-16-7-5-9-24(14-16)18-11-20(26)23(2)22-13-18/h3-4,6,8,11,13,16H,5,7,9-10,12,14H2,1-2H3,(H,21,25). The fraction of sp³-hybridized carbons (Fsp3) is 0.450. The maximum atomic E-state index is 12.3. The van der Waals surface area contributed by atoms with Crippen LogP contribution in [0.25, 0.3) is 0 Å². The molecule has 6 nitrogen and oxygen atoms in total. The van der Waals surface area contributed by atoms with Crippen LogP contribution >= 0.6 is 0 Å². The second-order valence-corrected chi connectivity index (χ2v) is 7.04. The minimum Gasteiger partial charge on any atom is -0.370 e. The second-order valence-electron chi connectivity index (χ2n) is 7.04. The van der Waals surface area contributed by atoms with Crippen LogP contribution in [0.15, 0.2) is 41.3 Å². The van der Waals surface area contributed by atoms with Crippen molar-refractivity contribution in [3.63, 3.8) is 0 Å². The number of aryl methyl sites for hydroxylation is 2. The molecule has 0 aliphatic carbocycles. The molecule has 2 aromatic rings. The fourth-order valence-electron chi connectivity index (χ4n) is 3.44. The summed E-state index contributed by atoms with van der Waals surface area (Å²) in [5.41, 5.74) is 3.07. The van der Waals surface area contributed by atoms with Crippen LogP contribution in [0.4, 0.5) is 5.69 Å². The highest BCUT2D eigenvalue weighted by atomic mass is 16.1. The van der Waals surface area contributed by atoms with Gasteiger partial charge in [-0.1, -0.05) is 24.3 Å². The summed E-state index contributed by atoms with van der Waals surface area (Å²) in [7, 11) is 1.64.